The van der Waals surface area contributed by atoms with E-state index in [-0.39, 0.29) is 18.6 Å². The second kappa shape index (κ2) is 5.52. The Balaban J connectivity index is 2.06. The predicted molar refractivity (Wildman–Crippen MR) is 66.9 cm³/mol. The number of nitrogens with one attached hydrogen (secondary N) is 1. The van der Waals surface area contributed by atoms with Gasteiger partial charge in [0, 0.05) is 12.1 Å². The van der Waals surface area contributed by atoms with Gasteiger partial charge in [-0.1, -0.05) is 23.7 Å². The van der Waals surface area contributed by atoms with Crippen LogP contribution in [0.5, 0.6) is 0 Å². The van der Waals surface area contributed by atoms with Gasteiger partial charge in [-0.2, -0.15) is 0 Å². The molecule has 1 atom stereocenters. The Hall–Kier alpha value is -1.06. The average Bonchev–Trinajstić information content (AvgIpc) is 3.12. The highest BCUT2D eigenvalue weighted by Gasteiger charge is 2.33. The van der Waals surface area contributed by atoms with Crippen LogP contribution in [0.1, 0.15) is 24.4 Å². The quantitative estimate of drug-likeness (QED) is 0.876. The number of methoxy groups -OCH3 is 1. The van der Waals surface area contributed by atoms with Crippen molar-refractivity contribution in [3.8, 4) is 0 Å². The van der Waals surface area contributed by atoms with E-state index in [1.807, 2.05) is 24.3 Å². The lowest BCUT2D eigenvalue weighted by Gasteiger charge is -2.18. The molecule has 1 amide bonds. The summed E-state index contributed by atoms with van der Waals surface area (Å²) in [4.78, 5) is 11.6. The number of hydrogen-bond donors (Lipinski definition) is 1. The number of ether oxygens (including phenoxy) is 1. The number of halogens is 1. The molecule has 0 radical (unpaired) electrons. The van der Waals surface area contributed by atoms with E-state index >= 15 is 0 Å². The lowest BCUT2D eigenvalue weighted by Crippen LogP contribution is -2.32. The minimum Gasteiger partial charge on any atom is -0.375 e. The minimum atomic E-state index is -0.0700. The number of benzene rings is 1. The predicted octanol–water partition coefficient (Wildman–Crippen LogP) is 2.55. The summed E-state index contributed by atoms with van der Waals surface area (Å²) in [5.41, 5.74) is 1.11. The topological polar surface area (TPSA) is 38.3 Å². The molecule has 4 heteroatoms. The molecule has 3 nitrogen and oxygen atoms in total. The molecule has 1 aliphatic rings. The van der Waals surface area contributed by atoms with Crippen LogP contribution in [0.2, 0.25) is 5.02 Å². The summed E-state index contributed by atoms with van der Waals surface area (Å²) in [6.07, 6.45) is 2.33. The molecule has 0 aromatic heterocycles. The van der Waals surface area contributed by atoms with Crippen LogP contribution < -0.4 is 5.32 Å². The highest BCUT2D eigenvalue weighted by Crippen LogP contribution is 2.41. The van der Waals surface area contributed by atoms with Crippen molar-refractivity contribution in [3.63, 3.8) is 0 Å². The van der Waals surface area contributed by atoms with Crippen molar-refractivity contribution in [3.05, 3.63) is 34.9 Å². The monoisotopic (exact) mass is 253 g/mol. The molecule has 1 unspecified atom stereocenters. The van der Waals surface area contributed by atoms with Crippen molar-refractivity contribution in [2.24, 2.45) is 5.92 Å². The third kappa shape index (κ3) is 3.45. The van der Waals surface area contributed by atoms with Gasteiger partial charge in [0.1, 0.15) is 6.61 Å². The molecule has 1 aromatic carbocycles. The fourth-order valence-corrected chi connectivity index (χ4v) is 2.05. The lowest BCUT2D eigenvalue weighted by atomic mass is 10.0. The average molecular weight is 254 g/mol. The van der Waals surface area contributed by atoms with Gasteiger partial charge in [0.15, 0.2) is 0 Å². The van der Waals surface area contributed by atoms with Crippen molar-refractivity contribution >= 4 is 17.5 Å². The fraction of sp³-hybridized carbons (Fsp3) is 0.462. The standard InChI is InChI=1S/C13H16ClNO2/c1-17-8-12(16)15-13(9-2-3-9)10-4-6-11(14)7-5-10/h4-7,9,13H,2-3,8H2,1H3,(H,15,16). The third-order valence-corrected chi connectivity index (χ3v) is 3.17. The van der Waals surface area contributed by atoms with Crippen molar-refractivity contribution < 1.29 is 9.53 Å². The molecule has 17 heavy (non-hydrogen) atoms. The molecular formula is C13H16ClNO2. The van der Waals surface area contributed by atoms with E-state index in [1.165, 1.54) is 20.0 Å². The first-order chi connectivity index (χ1) is 8.20. The van der Waals surface area contributed by atoms with E-state index in [0.29, 0.717) is 10.9 Å². The summed E-state index contributed by atoms with van der Waals surface area (Å²) >= 11 is 5.86. The first kappa shape index (κ1) is 12.4. The maximum atomic E-state index is 11.6. The van der Waals surface area contributed by atoms with E-state index in [1.54, 1.807) is 0 Å². The Morgan fingerprint density at radius 1 is 1.47 bits per heavy atom. The van der Waals surface area contributed by atoms with E-state index in [2.05, 4.69) is 5.32 Å². The van der Waals surface area contributed by atoms with Gasteiger partial charge in [0.2, 0.25) is 5.91 Å². The fourth-order valence-electron chi connectivity index (χ4n) is 1.92. The van der Waals surface area contributed by atoms with Crippen LogP contribution >= 0.6 is 11.6 Å². The summed E-state index contributed by atoms with van der Waals surface area (Å²) in [5.74, 6) is 0.483. The Kier molecular flexibility index (Phi) is 4.02. The zero-order chi connectivity index (χ0) is 12.3. The molecule has 1 aromatic rings. The summed E-state index contributed by atoms with van der Waals surface area (Å²) in [6.45, 7) is 0.108. The Morgan fingerprint density at radius 3 is 2.65 bits per heavy atom. The van der Waals surface area contributed by atoms with E-state index in [9.17, 15) is 4.79 Å². The SMILES string of the molecule is COCC(=O)NC(c1ccc(Cl)cc1)C1CC1. The molecular weight excluding hydrogens is 238 g/mol. The highest BCUT2D eigenvalue weighted by atomic mass is 35.5. The minimum absolute atomic E-state index is 0.0700. The summed E-state index contributed by atoms with van der Waals surface area (Å²) < 4.78 is 4.83. The maximum absolute atomic E-state index is 11.6. The molecule has 2 rings (SSSR count). The largest absolute Gasteiger partial charge is 0.375 e. The number of amides is 1. The third-order valence-electron chi connectivity index (χ3n) is 2.91. The van der Waals surface area contributed by atoms with E-state index in [0.717, 1.165) is 5.56 Å². The highest BCUT2D eigenvalue weighted by molar-refractivity contribution is 6.30. The van der Waals surface area contributed by atoms with E-state index in [4.69, 9.17) is 16.3 Å². The maximum Gasteiger partial charge on any atom is 0.246 e. The van der Waals surface area contributed by atoms with Crippen LogP contribution in [0.15, 0.2) is 24.3 Å². The number of rotatable bonds is 5. The van der Waals surface area contributed by atoms with Crippen molar-refractivity contribution in [2.45, 2.75) is 18.9 Å². The van der Waals surface area contributed by atoms with Gasteiger partial charge in [-0.3, -0.25) is 4.79 Å². The molecule has 0 bridgehead atoms. The van der Waals surface area contributed by atoms with Crippen LogP contribution in [0.25, 0.3) is 0 Å². The van der Waals surface area contributed by atoms with Crippen LogP contribution in [0.3, 0.4) is 0 Å². The van der Waals surface area contributed by atoms with Crippen LogP contribution in [-0.4, -0.2) is 19.6 Å². The van der Waals surface area contributed by atoms with Gasteiger partial charge in [-0.05, 0) is 36.5 Å². The smallest absolute Gasteiger partial charge is 0.246 e. The van der Waals surface area contributed by atoms with Gasteiger partial charge in [-0.15, -0.1) is 0 Å². The van der Waals surface area contributed by atoms with Crippen molar-refractivity contribution in [1.82, 2.24) is 5.32 Å². The normalized spacial score (nSPS) is 16.6. The molecule has 1 N–H and O–H groups in total. The summed E-state index contributed by atoms with van der Waals surface area (Å²) in [7, 11) is 1.52. The first-order valence-corrected chi connectivity index (χ1v) is 6.12. The zero-order valence-corrected chi connectivity index (χ0v) is 10.5. The Labute approximate surface area is 106 Å². The van der Waals surface area contributed by atoms with Gasteiger partial charge in [-0.25, -0.2) is 0 Å². The lowest BCUT2D eigenvalue weighted by molar-refractivity contribution is -0.125. The van der Waals surface area contributed by atoms with Crippen LogP contribution in [0.4, 0.5) is 0 Å². The molecule has 0 aliphatic heterocycles. The molecule has 1 saturated carbocycles. The number of carbonyl (C=O) groups excluding carboxylic acids is 1. The Bertz CT molecular complexity index is 387. The summed E-state index contributed by atoms with van der Waals surface area (Å²) in [5, 5.41) is 3.72. The second-order valence-electron chi connectivity index (χ2n) is 4.37. The van der Waals surface area contributed by atoms with Gasteiger partial charge in [0.25, 0.3) is 0 Å². The first-order valence-electron chi connectivity index (χ1n) is 5.74. The molecule has 0 saturated heterocycles. The van der Waals surface area contributed by atoms with E-state index < -0.39 is 0 Å². The number of hydrogen-bond acceptors (Lipinski definition) is 2. The van der Waals surface area contributed by atoms with Gasteiger partial charge < -0.3 is 10.1 Å². The zero-order valence-electron chi connectivity index (χ0n) is 9.78. The van der Waals surface area contributed by atoms with Crippen LogP contribution in [-0.2, 0) is 9.53 Å². The molecule has 1 fully saturated rings. The molecule has 0 spiro atoms. The van der Waals surface area contributed by atoms with Crippen molar-refractivity contribution in [1.29, 1.82) is 0 Å². The van der Waals surface area contributed by atoms with Gasteiger partial charge >= 0.3 is 0 Å². The van der Waals surface area contributed by atoms with Gasteiger partial charge in [0.05, 0.1) is 6.04 Å². The summed E-state index contributed by atoms with van der Waals surface area (Å²) in [6, 6.07) is 7.75. The molecule has 92 valence electrons. The molecule has 1 aliphatic carbocycles. The second-order valence-corrected chi connectivity index (χ2v) is 4.80. The van der Waals surface area contributed by atoms with Crippen molar-refractivity contribution in [2.75, 3.05) is 13.7 Å². The molecule has 0 heterocycles. The Morgan fingerprint density at radius 2 is 2.12 bits per heavy atom. The number of carbonyl (C=O) groups is 1. The van der Waals surface area contributed by atoms with Crippen LogP contribution in [0, 0.1) is 5.92 Å².